The number of aryl methyl sites for hydroxylation is 1. The molecular weight excluding hydrogens is 288 g/mol. The van der Waals surface area contributed by atoms with Crippen molar-refractivity contribution in [2.24, 2.45) is 0 Å². The molecule has 0 aromatic heterocycles. The number of anilines is 1. The molecule has 0 radical (unpaired) electrons. The molecule has 2 rings (SSSR count). The maximum Gasteiger partial charge on any atom is 0.319 e. The van der Waals surface area contributed by atoms with Crippen LogP contribution in [-0.4, -0.2) is 11.1 Å². The highest BCUT2D eigenvalue weighted by atomic mass is 35.5. The van der Waals surface area contributed by atoms with Gasteiger partial charge in [-0.2, -0.15) is 0 Å². The molecule has 0 saturated carbocycles. The van der Waals surface area contributed by atoms with Gasteiger partial charge < -0.3 is 15.7 Å². The number of hydrogen-bond donors (Lipinski definition) is 3. The highest BCUT2D eigenvalue weighted by Gasteiger charge is 2.12. The lowest BCUT2D eigenvalue weighted by Crippen LogP contribution is -2.31. The van der Waals surface area contributed by atoms with Crippen molar-refractivity contribution in [2.75, 3.05) is 5.32 Å². The predicted molar refractivity (Wildman–Crippen MR) is 84.9 cm³/mol. The van der Waals surface area contributed by atoms with Crippen LogP contribution in [0.25, 0.3) is 0 Å². The number of carbonyl (C=O) groups is 1. The van der Waals surface area contributed by atoms with E-state index in [0.717, 1.165) is 11.1 Å². The molecule has 0 aliphatic carbocycles. The molecule has 0 unspecified atom stereocenters. The number of halogens is 1. The molecule has 0 fully saturated rings. The Kier molecular flexibility index (Phi) is 4.70. The number of amides is 2. The Morgan fingerprint density at radius 1 is 1.24 bits per heavy atom. The average Bonchev–Trinajstić information content (AvgIpc) is 2.43. The molecule has 4 nitrogen and oxygen atoms in total. The van der Waals surface area contributed by atoms with Crippen LogP contribution in [0, 0.1) is 6.92 Å². The van der Waals surface area contributed by atoms with Crippen LogP contribution in [0.4, 0.5) is 10.5 Å². The van der Waals surface area contributed by atoms with Gasteiger partial charge in [0.25, 0.3) is 0 Å². The lowest BCUT2D eigenvalue weighted by molar-refractivity contribution is 0.249. The Morgan fingerprint density at radius 3 is 2.62 bits per heavy atom. The first-order chi connectivity index (χ1) is 9.97. The molecule has 2 aromatic rings. The van der Waals surface area contributed by atoms with E-state index in [2.05, 4.69) is 10.6 Å². The van der Waals surface area contributed by atoms with Crippen LogP contribution in [0.5, 0.6) is 5.75 Å². The molecule has 1 atom stereocenters. The molecule has 0 heterocycles. The summed E-state index contributed by atoms with van der Waals surface area (Å²) in [5, 5.41) is 15.5. The average molecular weight is 305 g/mol. The van der Waals surface area contributed by atoms with E-state index in [0.29, 0.717) is 10.7 Å². The van der Waals surface area contributed by atoms with Crippen LogP contribution in [0.1, 0.15) is 24.1 Å². The number of carbonyl (C=O) groups excluding carboxylic acids is 1. The fraction of sp³-hybridized carbons (Fsp3) is 0.188. The van der Waals surface area contributed by atoms with E-state index < -0.39 is 0 Å². The minimum Gasteiger partial charge on any atom is -0.508 e. The van der Waals surface area contributed by atoms with Crippen molar-refractivity contribution < 1.29 is 9.90 Å². The lowest BCUT2D eigenvalue weighted by Gasteiger charge is -2.16. The van der Waals surface area contributed by atoms with Crippen LogP contribution >= 0.6 is 11.6 Å². The molecule has 5 heteroatoms. The van der Waals surface area contributed by atoms with E-state index in [9.17, 15) is 9.90 Å². The van der Waals surface area contributed by atoms with Gasteiger partial charge >= 0.3 is 6.03 Å². The SMILES string of the molecule is Cc1cccc(Cl)c1NC(=O)N[C@@H](C)c1cccc(O)c1. The number of rotatable bonds is 3. The topological polar surface area (TPSA) is 61.4 Å². The second kappa shape index (κ2) is 6.50. The van der Waals surface area contributed by atoms with Gasteiger partial charge in [-0.25, -0.2) is 4.79 Å². The van der Waals surface area contributed by atoms with Crippen molar-refractivity contribution in [3.05, 3.63) is 58.6 Å². The Morgan fingerprint density at radius 2 is 1.95 bits per heavy atom. The van der Waals surface area contributed by atoms with Crippen molar-refractivity contribution in [3.63, 3.8) is 0 Å². The number of para-hydroxylation sites is 1. The minimum atomic E-state index is -0.345. The fourth-order valence-electron chi connectivity index (χ4n) is 2.01. The zero-order valence-electron chi connectivity index (χ0n) is 11.9. The first-order valence-electron chi connectivity index (χ1n) is 6.59. The van der Waals surface area contributed by atoms with Crippen LogP contribution in [0.2, 0.25) is 5.02 Å². The monoisotopic (exact) mass is 304 g/mol. The third-order valence-electron chi connectivity index (χ3n) is 3.18. The van der Waals surface area contributed by atoms with Gasteiger partial charge in [-0.15, -0.1) is 0 Å². The Labute approximate surface area is 128 Å². The second-order valence-electron chi connectivity index (χ2n) is 4.85. The van der Waals surface area contributed by atoms with Crippen molar-refractivity contribution in [1.29, 1.82) is 0 Å². The number of hydrogen-bond acceptors (Lipinski definition) is 2. The standard InChI is InChI=1S/C16H17ClN2O2/c1-10-5-3-8-14(17)15(10)19-16(21)18-11(2)12-6-4-7-13(20)9-12/h3-9,11,20H,1-2H3,(H2,18,19,21)/t11-/m0/s1. The number of nitrogens with one attached hydrogen (secondary N) is 2. The number of phenols is 1. The van der Waals surface area contributed by atoms with Crippen molar-refractivity contribution in [3.8, 4) is 5.75 Å². The largest absolute Gasteiger partial charge is 0.508 e. The maximum atomic E-state index is 12.0. The number of phenolic OH excluding ortho intramolecular Hbond substituents is 1. The van der Waals surface area contributed by atoms with Gasteiger partial charge in [0, 0.05) is 0 Å². The van der Waals surface area contributed by atoms with Gasteiger partial charge in [0.2, 0.25) is 0 Å². The zero-order chi connectivity index (χ0) is 15.4. The quantitative estimate of drug-likeness (QED) is 0.794. The van der Waals surface area contributed by atoms with Gasteiger partial charge in [0.15, 0.2) is 0 Å². The van der Waals surface area contributed by atoms with E-state index in [1.807, 2.05) is 32.0 Å². The molecule has 2 aromatic carbocycles. The van der Waals surface area contributed by atoms with Crippen LogP contribution in [0.15, 0.2) is 42.5 Å². The summed E-state index contributed by atoms with van der Waals surface area (Å²) < 4.78 is 0. The van der Waals surface area contributed by atoms with Gasteiger partial charge in [0.1, 0.15) is 5.75 Å². The maximum absolute atomic E-state index is 12.0. The van der Waals surface area contributed by atoms with Crippen molar-refractivity contribution in [1.82, 2.24) is 5.32 Å². The first-order valence-corrected chi connectivity index (χ1v) is 6.96. The molecule has 21 heavy (non-hydrogen) atoms. The molecule has 0 saturated heterocycles. The van der Waals surface area contributed by atoms with Crippen molar-refractivity contribution in [2.45, 2.75) is 19.9 Å². The highest BCUT2D eigenvalue weighted by molar-refractivity contribution is 6.33. The van der Waals surface area contributed by atoms with Crippen LogP contribution in [0.3, 0.4) is 0 Å². The summed E-state index contributed by atoms with van der Waals surface area (Å²) in [6, 6.07) is 11.6. The molecule has 110 valence electrons. The summed E-state index contributed by atoms with van der Waals surface area (Å²) in [5.74, 6) is 0.170. The highest BCUT2D eigenvalue weighted by Crippen LogP contribution is 2.25. The lowest BCUT2D eigenvalue weighted by atomic mass is 10.1. The Hall–Kier alpha value is -2.20. The van der Waals surface area contributed by atoms with E-state index in [-0.39, 0.29) is 17.8 Å². The predicted octanol–water partition coefficient (Wildman–Crippen LogP) is 4.24. The van der Waals surface area contributed by atoms with E-state index in [1.165, 1.54) is 0 Å². The second-order valence-corrected chi connectivity index (χ2v) is 5.25. The summed E-state index contributed by atoms with van der Waals surface area (Å²) >= 11 is 6.07. The summed E-state index contributed by atoms with van der Waals surface area (Å²) in [6.45, 7) is 3.72. The van der Waals surface area contributed by atoms with E-state index >= 15 is 0 Å². The molecule has 3 N–H and O–H groups in total. The van der Waals surface area contributed by atoms with Gasteiger partial charge in [-0.3, -0.25) is 0 Å². The number of urea groups is 1. The Balaban J connectivity index is 2.05. The van der Waals surface area contributed by atoms with Gasteiger partial charge in [-0.1, -0.05) is 35.9 Å². The summed E-state index contributed by atoms with van der Waals surface area (Å²) in [7, 11) is 0. The minimum absolute atomic E-state index is 0.170. The van der Waals surface area contributed by atoms with Crippen LogP contribution in [-0.2, 0) is 0 Å². The first kappa shape index (κ1) is 15.2. The summed E-state index contributed by atoms with van der Waals surface area (Å²) in [4.78, 5) is 12.0. The molecule has 0 bridgehead atoms. The van der Waals surface area contributed by atoms with E-state index in [1.54, 1.807) is 24.3 Å². The fourth-order valence-corrected chi connectivity index (χ4v) is 2.28. The normalized spacial score (nSPS) is 11.8. The van der Waals surface area contributed by atoms with Crippen molar-refractivity contribution >= 4 is 23.3 Å². The summed E-state index contributed by atoms with van der Waals surface area (Å²) in [6.07, 6.45) is 0. The van der Waals surface area contributed by atoms with Gasteiger partial charge in [0.05, 0.1) is 16.8 Å². The summed E-state index contributed by atoms with van der Waals surface area (Å²) in [5.41, 5.74) is 2.31. The molecule has 2 amide bonds. The molecular formula is C16H17ClN2O2. The number of aromatic hydroxyl groups is 1. The smallest absolute Gasteiger partial charge is 0.319 e. The third kappa shape index (κ3) is 3.89. The Bertz CT molecular complexity index is 638. The van der Waals surface area contributed by atoms with E-state index in [4.69, 9.17) is 11.6 Å². The molecule has 0 spiro atoms. The molecule has 0 aliphatic rings. The molecule has 0 aliphatic heterocycles. The third-order valence-corrected chi connectivity index (χ3v) is 3.49. The van der Waals surface area contributed by atoms with Gasteiger partial charge in [-0.05, 0) is 43.2 Å². The van der Waals surface area contributed by atoms with Crippen LogP contribution < -0.4 is 10.6 Å². The zero-order valence-corrected chi connectivity index (χ0v) is 12.6. The number of benzene rings is 2.